The number of carbonyl (C=O) groups excluding carboxylic acids is 2. The Labute approximate surface area is 266 Å². The highest BCUT2D eigenvalue weighted by Gasteiger charge is 2.28. The molecule has 0 spiro atoms. The summed E-state index contributed by atoms with van der Waals surface area (Å²) in [5.74, 6) is -0.0794. The van der Waals surface area contributed by atoms with E-state index in [0.717, 1.165) is 43.6 Å². The van der Waals surface area contributed by atoms with Crippen molar-refractivity contribution in [3.05, 3.63) is 88.5 Å². The molecule has 1 unspecified atom stereocenters. The van der Waals surface area contributed by atoms with Gasteiger partial charge in [0.2, 0.25) is 0 Å². The van der Waals surface area contributed by atoms with E-state index < -0.39 is 0 Å². The number of aromatic nitrogens is 2. The van der Waals surface area contributed by atoms with Crippen LogP contribution in [-0.4, -0.2) is 89.6 Å². The monoisotopic (exact) mass is 609 g/mol. The van der Waals surface area contributed by atoms with E-state index in [1.807, 2.05) is 49.1 Å². The summed E-state index contributed by atoms with van der Waals surface area (Å²) in [5.41, 5.74) is 5.44. The van der Waals surface area contributed by atoms with E-state index in [1.165, 1.54) is 6.33 Å². The largest absolute Gasteiger partial charge is 0.378 e. The number of nitriles is 1. The molecule has 1 atom stereocenters. The standard InChI is InChI=1S/C35H43N7O3/c1-25(11-14-37-34(43)33-26(2)38-24-39-27(33)3)40-15-12-32(13-16-40)42(23-29-6-4-5-28(21-29)22-36)31-9-7-30(8-10-31)35(44)41-17-19-45-20-18-41/h4-10,21,24-25,32H,11-20,23H2,1-3H3,(H,37,43). The number of anilines is 1. The highest BCUT2D eigenvalue weighted by molar-refractivity contribution is 5.96. The van der Waals surface area contributed by atoms with E-state index in [1.54, 1.807) is 0 Å². The molecule has 2 amide bonds. The molecular formula is C35H43N7O3. The Bertz CT molecular complexity index is 1490. The van der Waals surface area contributed by atoms with Crippen LogP contribution in [-0.2, 0) is 11.3 Å². The summed E-state index contributed by atoms with van der Waals surface area (Å²) in [6, 6.07) is 18.7. The Morgan fingerprint density at radius 1 is 1.04 bits per heavy atom. The number of hydrogen-bond acceptors (Lipinski definition) is 8. The van der Waals surface area contributed by atoms with E-state index in [-0.39, 0.29) is 11.8 Å². The number of nitrogens with one attached hydrogen (secondary N) is 1. The number of carbonyl (C=O) groups is 2. The molecule has 3 aromatic rings. The molecule has 3 heterocycles. The number of ether oxygens (including phenoxy) is 1. The SMILES string of the molecule is Cc1ncnc(C)c1C(=O)NCCC(C)N1CCC(N(Cc2cccc(C#N)c2)c2ccc(C(=O)N3CCOCC3)cc2)CC1. The first-order chi connectivity index (χ1) is 21.8. The minimum Gasteiger partial charge on any atom is -0.378 e. The van der Waals surface area contributed by atoms with Crippen LogP contribution >= 0.6 is 0 Å². The maximum atomic E-state index is 13.1. The maximum Gasteiger partial charge on any atom is 0.254 e. The Kier molecular flexibility index (Phi) is 10.8. The van der Waals surface area contributed by atoms with Crippen LogP contribution in [0.25, 0.3) is 0 Å². The first-order valence-electron chi connectivity index (χ1n) is 15.9. The molecule has 5 rings (SSSR count). The molecule has 2 fully saturated rings. The molecule has 2 aliphatic heterocycles. The van der Waals surface area contributed by atoms with Gasteiger partial charge in [-0.2, -0.15) is 5.26 Å². The smallest absolute Gasteiger partial charge is 0.254 e. The Balaban J connectivity index is 1.21. The Morgan fingerprint density at radius 2 is 1.73 bits per heavy atom. The van der Waals surface area contributed by atoms with Crippen molar-refractivity contribution in [2.45, 2.75) is 58.7 Å². The van der Waals surface area contributed by atoms with Gasteiger partial charge in [-0.05, 0) is 82.0 Å². The van der Waals surface area contributed by atoms with E-state index in [4.69, 9.17) is 4.74 Å². The molecule has 236 valence electrons. The van der Waals surface area contributed by atoms with E-state index in [0.29, 0.717) is 79.6 Å². The molecule has 2 aliphatic rings. The second-order valence-electron chi connectivity index (χ2n) is 12.0. The summed E-state index contributed by atoms with van der Waals surface area (Å²) in [7, 11) is 0. The lowest BCUT2D eigenvalue weighted by molar-refractivity contribution is 0.0303. The van der Waals surface area contributed by atoms with Crippen LogP contribution in [0.3, 0.4) is 0 Å². The topological polar surface area (TPSA) is 115 Å². The van der Waals surface area contributed by atoms with Crippen molar-refractivity contribution in [3.8, 4) is 6.07 Å². The lowest BCUT2D eigenvalue weighted by Crippen LogP contribution is -2.48. The number of rotatable bonds is 10. The number of nitrogens with zero attached hydrogens (tertiary/aromatic N) is 6. The molecule has 0 aliphatic carbocycles. The summed E-state index contributed by atoms with van der Waals surface area (Å²) < 4.78 is 5.41. The fraction of sp³-hybridized carbons (Fsp3) is 0.457. The first-order valence-corrected chi connectivity index (χ1v) is 15.9. The molecule has 45 heavy (non-hydrogen) atoms. The minimum atomic E-state index is -0.120. The first kappa shape index (κ1) is 32.1. The van der Waals surface area contributed by atoms with E-state index in [2.05, 4.69) is 56.3 Å². The van der Waals surface area contributed by atoms with Crippen molar-refractivity contribution in [2.24, 2.45) is 0 Å². The molecule has 0 radical (unpaired) electrons. The molecule has 1 aromatic heterocycles. The lowest BCUT2D eigenvalue weighted by Gasteiger charge is -2.42. The maximum absolute atomic E-state index is 13.1. The van der Waals surface area contributed by atoms with Gasteiger partial charge < -0.3 is 24.8 Å². The number of benzene rings is 2. The van der Waals surface area contributed by atoms with Crippen molar-refractivity contribution in [3.63, 3.8) is 0 Å². The fourth-order valence-corrected chi connectivity index (χ4v) is 6.34. The third-order valence-corrected chi connectivity index (χ3v) is 9.02. The summed E-state index contributed by atoms with van der Waals surface area (Å²) in [6.07, 6.45) is 4.32. The summed E-state index contributed by atoms with van der Waals surface area (Å²) in [5, 5.41) is 12.5. The third-order valence-electron chi connectivity index (χ3n) is 9.02. The van der Waals surface area contributed by atoms with Gasteiger partial charge in [-0.3, -0.25) is 9.59 Å². The summed E-state index contributed by atoms with van der Waals surface area (Å²) >= 11 is 0. The number of likely N-dealkylation sites (tertiary alicyclic amines) is 1. The van der Waals surface area contributed by atoms with Gasteiger partial charge in [0.25, 0.3) is 11.8 Å². The minimum absolute atomic E-state index is 0.0407. The predicted molar refractivity (Wildman–Crippen MR) is 173 cm³/mol. The number of piperidine rings is 1. The Hall–Kier alpha value is -4.33. The number of amides is 2. The van der Waals surface area contributed by atoms with Gasteiger partial charge in [0, 0.05) is 62.6 Å². The van der Waals surface area contributed by atoms with Crippen LogP contribution in [0.5, 0.6) is 0 Å². The van der Waals surface area contributed by atoms with Crippen LogP contribution < -0.4 is 10.2 Å². The summed E-state index contributed by atoms with van der Waals surface area (Å²) in [6.45, 7) is 11.5. The normalized spacial score (nSPS) is 16.5. The molecule has 1 N–H and O–H groups in total. The number of morpholine rings is 1. The molecule has 2 saturated heterocycles. The van der Waals surface area contributed by atoms with Crippen LogP contribution in [0.2, 0.25) is 0 Å². The molecule has 0 saturated carbocycles. The van der Waals surface area contributed by atoms with Crippen LogP contribution in [0, 0.1) is 25.2 Å². The van der Waals surface area contributed by atoms with Gasteiger partial charge in [-0.25, -0.2) is 9.97 Å². The molecule has 2 aromatic carbocycles. The highest BCUT2D eigenvalue weighted by Crippen LogP contribution is 2.28. The van der Waals surface area contributed by atoms with Crippen molar-refractivity contribution < 1.29 is 14.3 Å². The highest BCUT2D eigenvalue weighted by atomic mass is 16.5. The summed E-state index contributed by atoms with van der Waals surface area (Å²) in [4.78, 5) is 40.9. The zero-order valence-electron chi connectivity index (χ0n) is 26.5. The van der Waals surface area contributed by atoms with E-state index >= 15 is 0 Å². The zero-order chi connectivity index (χ0) is 31.8. The molecule has 0 bridgehead atoms. The van der Waals surface area contributed by atoms with Gasteiger partial charge >= 0.3 is 0 Å². The molecular weight excluding hydrogens is 566 g/mol. The van der Waals surface area contributed by atoms with Crippen LogP contribution in [0.15, 0.2) is 54.9 Å². The average Bonchev–Trinajstić information content (AvgIpc) is 3.07. The Morgan fingerprint density at radius 3 is 2.40 bits per heavy atom. The van der Waals surface area contributed by atoms with Crippen molar-refractivity contribution in [1.82, 2.24) is 25.1 Å². The van der Waals surface area contributed by atoms with Crippen molar-refractivity contribution in [2.75, 3.05) is 50.8 Å². The van der Waals surface area contributed by atoms with Gasteiger partial charge in [0.1, 0.15) is 6.33 Å². The molecule has 10 heteroatoms. The van der Waals surface area contributed by atoms with Crippen LogP contribution in [0.4, 0.5) is 5.69 Å². The van der Waals surface area contributed by atoms with E-state index in [9.17, 15) is 14.9 Å². The van der Waals surface area contributed by atoms with Gasteiger partial charge in [0.05, 0.1) is 41.8 Å². The predicted octanol–water partition coefficient (Wildman–Crippen LogP) is 4.12. The molecule has 10 nitrogen and oxygen atoms in total. The second kappa shape index (κ2) is 15.1. The quantitative estimate of drug-likeness (QED) is 0.365. The van der Waals surface area contributed by atoms with Crippen LogP contribution in [0.1, 0.15) is 69.4 Å². The van der Waals surface area contributed by atoms with Gasteiger partial charge in [-0.1, -0.05) is 12.1 Å². The zero-order valence-corrected chi connectivity index (χ0v) is 26.5. The fourth-order valence-electron chi connectivity index (χ4n) is 6.34. The average molecular weight is 610 g/mol. The van der Waals surface area contributed by atoms with Gasteiger partial charge in [-0.15, -0.1) is 0 Å². The number of hydrogen-bond donors (Lipinski definition) is 1. The lowest BCUT2D eigenvalue weighted by atomic mass is 9.98. The number of aryl methyl sites for hydroxylation is 2. The van der Waals surface area contributed by atoms with Crippen molar-refractivity contribution in [1.29, 1.82) is 5.26 Å². The third kappa shape index (κ3) is 8.04. The van der Waals surface area contributed by atoms with Gasteiger partial charge in [0.15, 0.2) is 0 Å². The second-order valence-corrected chi connectivity index (χ2v) is 12.0. The van der Waals surface area contributed by atoms with Crippen molar-refractivity contribution >= 4 is 17.5 Å².